The van der Waals surface area contributed by atoms with Gasteiger partial charge in [0.05, 0.1) is 0 Å². The Morgan fingerprint density at radius 3 is 2.81 bits per heavy atom. The largest absolute Gasteiger partial charge is 0.404 e. The lowest BCUT2D eigenvalue weighted by atomic mass is 10.2. The van der Waals surface area contributed by atoms with E-state index in [1.165, 1.54) is 24.4 Å². The Hall–Kier alpha value is -2.17. The summed E-state index contributed by atoms with van der Waals surface area (Å²) in [6.45, 7) is 0.394. The number of nitrogens with one attached hydrogen (secondary N) is 1. The molecule has 0 aliphatic carbocycles. The van der Waals surface area contributed by atoms with Crippen molar-refractivity contribution in [3.05, 3.63) is 36.1 Å². The summed E-state index contributed by atoms with van der Waals surface area (Å²) in [6.07, 6.45) is 8.68. The van der Waals surface area contributed by atoms with Gasteiger partial charge in [-0.2, -0.15) is 0 Å². The third-order valence-corrected chi connectivity index (χ3v) is 2.09. The van der Waals surface area contributed by atoms with Crippen LogP contribution in [0.1, 0.15) is 6.42 Å². The van der Waals surface area contributed by atoms with E-state index in [1.54, 1.807) is 6.08 Å². The molecule has 0 atom stereocenters. The Bertz CT molecular complexity index is 394. The van der Waals surface area contributed by atoms with E-state index < -0.39 is 5.91 Å². The number of carbonyl (C=O) groups excluding carboxylic acids is 2. The second kappa shape index (κ2) is 5.65. The van der Waals surface area contributed by atoms with Crippen molar-refractivity contribution >= 4 is 18.0 Å². The first-order valence-corrected chi connectivity index (χ1v) is 4.81. The third-order valence-electron chi connectivity index (χ3n) is 2.09. The number of carbonyl (C=O) groups is 2. The van der Waals surface area contributed by atoms with Gasteiger partial charge in [-0.1, -0.05) is 6.08 Å². The van der Waals surface area contributed by atoms with Crippen LogP contribution < -0.4 is 5.73 Å². The molecular formula is C11H13N3O2. The van der Waals surface area contributed by atoms with E-state index in [1.807, 2.05) is 0 Å². The fourth-order valence-corrected chi connectivity index (χ4v) is 1.22. The summed E-state index contributed by atoms with van der Waals surface area (Å²) < 4.78 is 0. The molecule has 0 radical (unpaired) electrons. The highest BCUT2D eigenvalue weighted by Crippen LogP contribution is 2.04. The molecule has 3 N–H and O–H groups in total. The van der Waals surface area contributed by atoms with Crippen LogP contribution in [-0.4, -0.2) is 29.5 Å². The summed E-state index contributed by atoms with van der Waals surface area (Å²) in [5, 5.41) is 6.96. The molecule has 0 saturated heterocycles. The van der Waals surface area contributed by atoms with Crippen LogP contribution in [-0.2, 0) is 9.59 Å². The Kier molecular flexibility index (Phi) is 4.20. The molecule has 0 saturated carbocycles. The molecule has 5 heteroatoms. The van der Waals surface area contributed by atoms with Gasteiger partial charge in [0, 0.05) is 30.6 Å². The molecule has 1 rings (SSSR count). The van der Waals surface area contributed by atoms with Gasteiger partial charge in [0.1, 0.15) is 0 Å². The zero-order valence-corrected chi connectivity index (χ0v) is 8.72. The zero-order valence-electron chi connectivity index (χ0n) is 8.72. The molecule has 16 heavy (non-hydrogen) atoms. The lowest BCUT2D eigenvalue weighted by Gasteiger charge is -2.19. The molecule has 0 spiro atoms. The van der Waals surface area contributed by atoms with E-state index in [2.05, 4.69) is 0 Å². The number of allylic oxidation sites excluding steroid dienone is 2. The molecule has 2 amide bonds. The van der Waals surface area contributed by atoms with Crippen molar-refractivity contribution in [2.24, 2.45) is 5.73 Å². The number of hydrogen-bond donors (Lipinski definition) is 2. The molecular weight excluding hydrogens is 206 g/mol. The summed E-state index contributed by atoms with van der Waals surface area (Å²) in [5.74, 6) is -0.704. The topological polar surface area (TPSA) is 87.2 Å². The van der Waals surface area contributed by atoms with Crippen molar-refractivity contribution in [1.82, 2.24) is 4.90 Å². The Morgan fingerprint density at radius 2 is 2.25 bits per heavy atom. The Balaban J connectivity index is 2.69. The molecule has 1 aliphatic heterocycles. The number of nitrogens with two attached hydrogens (primary N) is 1. The zero-order chi connectivity index (χ0) is 12.0. The number of imide groups is 1. The Morgan fingerprint density at radius 1 is 1.50 bits per heavy atom. The van der Waals surface area contributed by atoms with Crippen LogP contribution in [0.4, 0.5) is 0 Å². The van der Waals surface area contributed by atoms with Crippen LogP contribution >= 0.6 is 0 Å². The highest BCUT2D eigenvalue weighted by atomic mass is 16.2. The standard InChI is InChI=1S/C11H13N3O2/c12-7-9(8-13)4-5-11(16)14-6-2-1-3-10(14)15/h1,3-5,7-8,12H,2,6,13H2/b5-4+,9-8-,12-7?. The van der Waals surface area contributed by atoms with Gasteiger partial charge in [-0.05, 0) is 18.6 Å². The lowest BCUT2D eigenvalue weighted by Crippen LogP contribution is -2.37. The predicted molar refractivity (Wildman–Crippen MR) is 60.7 cm³/mol. The van der Waals surface area contributed by atoms with Crippen LogP contribution in [0.3, 0.4) is 0 Å². The first-order valence-electron chi connectivity index (χ1n) is 4.81. The maximum Gasteiger partial charge on any atom is 0.253 e. The quantitative estimate of drug-likeness (QED) is 0.408. The van der Waals surface area contributed by atoms with Crippen molar-refractivity contribution in [2.45, 2.75) is 6.42 Å². The minimum atomic E-state index is -0.393. The smallest absolute Gasteiger partial charge is 0.253 e. The monoisotopic (exact) mass is 219 g/mol. The van der Waals surface area contributed by atoms with Gasteiger partial charge in [0.15, 0.2) is 0 Å². The van der Waals surface area contributed by atoms with Gasteiger partial charge >= 0.3 is 0 Å². The Labute approximate surface area is 93.4 Å². The van der Waals surface area contributed by atoms with Crippen molar-refractivity contribution in [3.63, 3.8) is 0 Å². The van der Waals surface area contributed by atoms with Crippen LogP contribution in [0.25, 0.3) is 0 Å². The van der Waals surface area contributed by atoms with E-state index in [-0.39, 0.29) is 5.91 Å². The third kappa shape index (κ3) is 2.91. The predicted octanol–water partition coefficient (Wildman–Crippen LogP) is 0.350. The fraction of sp³-hybridized carbons (Fsp3) is 0.182. The summed E-state index contributed by atoms with van der Waals surface area (Å²) in [7, 11) is 0. The molecule has 1 aliphatic rings. The summed E-state index contributed by atoms with van der Waals surface area (Å²) >= 11 is 0. The number of rotatable bonds is 3. The molecule has 5 nitrogen and oxygen atoms in total. The SMILES string of the molecule is N=CC(=C\N)/C=C/C(=O)N1CCC=CC1=O. The van der Waals surface area contributed by atoms with E-state index in [4.69, 9.17) is 11.1 Å². The van der Waals surface area contributed by atoms with E-state index >= 15 is 0 Å². The number of amides is 2. The van der Waals surface area contributed by atoms with Crippen LogP contribution in [0.15, 0.2) is 36.1 Å². The first-order chi connectivity index (χ1) is 7.69. The molecule has 84 valence electrons. The van der Waals surface area contributed by atoms with E-state index in [9.17, 15) is 9.59 Å². The fourth-order valence-electron chi connectivity index (χ4n) is 1.22. The molecule has 0 fully saturated rings. The van der Waals surface area contributed by atoms with Gasteiger partial charge in [0.2, 0.25) is 0 Å². The minimum absolute atomic E-state index is 0.311. The van der Waals surface area contributed by atoms with Crippen LogP contribution in [0.2, 0.25) is 0 Å². The van der Waals surface area contributed by atoms with Gasteiger partial charge in [-0.3, -0.25) is 14.5 Å². The van der Waals surface area contributed by atoms with Gasteiger partial charge < -0.3 is 11.1 Å². The van der Waals surface area contributed by atoms with Crippen molar-refractivity contribution in [2.75, 3.05) is 6.54 Å². The van der Waals surface area contributed by atoms with Crippen LogP contribution in [0.5, 0.6) is 0 Å². The minimum Gasteiger partial charge on any atom is -0.404 e. The number of hydrogen-bond acceptors (Lipinski definition) is 4. The average molecular weight is 219 g/mol. The average Bonchev–Trinajstić information content (AvgIpc) is 2.30. The van der Waals surface area contributed by atoms with Gasteiger partial charge in [-0.25, -0.2) is 0 Å². The molecule has 0 bridgehead atoms. The van der Waals surface area contributed by atoms with Crippen LogP contribution in [0, 0.1) is 5.41 Å². The molecule has 0 unspecified atom stereocenters. The summed E-state index contributed by atoms with van der Waals surface area (Å²) in [5.41, 5.74) is 5.62. The van der Waals surface area contributed by atoms with E-state index in [0.29, 0.717) is 18.5 Å². The molecule has 0 aromatic rings. The molecule has 0 aromatic heterocycles. The number of nitrogens with zero attached hydrogens (tertiary/aromatic N) is 1. The first kappa shape index (κ1) is 11.9. The van der Waals surface area contributed by atoms with Crippen molar-refractivity contribution < 1.29 is 9.59 Å². The van der Waals surface area contributed by atoms with E-state index in [0.717, 1.165) is 11.1 Å². The maximum absolute atomic E-state index is 11.6. The molecule has 0 aromatic carbocycles. The van der Waals surface area contributed by atoms with Gasteiger partial charge in [-0.15, -0.1) is 0 Å². The second-order valence-electron chi connectivity index (χ2n) is 3.16. The van der Waals surface area contributed by atoms with Crippen molar-refractivity contribution in [3.8, 4) is 0 Å². The lowest BCUT2D eigenvalue weighted by molar-refractivity contribution is -0.139. The van der Waals surface area contributed by atoms with Crippen molar-refractivity contribution in [1.29, 1.82) is 5.41 Å². The molecule has 1 heterocycles. The maximum atomic E-state index is 11.6. The summed E-state index contributed by atoms with van der Waals surface area (Å²) in [6, 6.07) is 0. The van der Waals surface area contributed by atoms with Gasteiger partial charge in [0.25, 0.3) is 11.8 Å². The normalized spacial score (nSPS) is 16.9. The second-order valence-corrected chi connectivity index (χ2v) is 3.16. The summed E-state index contributed by atoms with van der Waals surface area (Å²) in [4.78, 5) is 24.1. The highest BCUT2D eigenvalue weighted by molar-refractivity contribution is 6.06. The highest BCUT2D eigenvalue weighted by Gasteiger charge is 2.18.